The molecule has 0 rings (SSSR count). The highest BCUT2D eigenvalue weighted by Crippen LogP contribution is 2.01. The van der Waals surface area contributed by atoms with Gasteiger partial charge in [0.2, 0.25) is 0 Å². The van der Waals surface area contributed by atoms with Crippen molar-refractivity contribution in [3.05, 3.63) is 0 Å². The van der Waals surface area contributed by atoms with Crippen molar-refractivity contribution in [1.29, 1.82) is 0 Å². The van der Waals surface area contributed by atoms with Gasteiger partial charge in [-0.2, -0.15) is 0 Å². The lowest BCUT2D eigenvalue weighted by atomic mass is 10.0. The minimum Gasteiger partial charge on any atom is -0.409 e. The molecule has 0 fully saturated rings. The minimum atomic E-state index is -0.232. The number of nitrogens with zero attached hydrogens (tertiary/aromatic N) is 1. The maximum atomic E-state index is 8.99. The summed E-state index contributed by atoms with van der Waals surface area (Å²) in [5.41, 5.74) is 5.38. The van der Waals surface area contributed by atoms with E-state index in [-0.39, 0.29) is 24.5 Å². The van der Waals surface area contributed by atoms with Gasteiger partial charge < -0.3 is 21.4 Å². The number of aliphatic hydroxyl groups excluding tert-OH is 1. The van der Waals surface area contributed by atoms with Crippen molar-refractivity contribution >= 4 is 5.84 Å². The van der Waals surface area contributed by atoms with Crippen LogP contribution >= 0.6 is 0 Å². The molecule has 5 N–H and O–H groups in total. The van der Waals surface area contributed by atoms with E-state index in [2.05, 4.69) is 10.5 Å². The van der Waals surface area contributed by atoms with Gasteiger partial charge in [-0.05, 0) is 12.8 Å². The Balaban J connectivity index is 4.08. The Hall–Kier alpha value is -0.810. The Labute approximate surface area is 78.6 Å². The molecule has 0 spiro atoms. The average molecular weight is 189 g/mol. The normalized spacial score (nSPS) is 17.5. The second-order valence-corrected chi connectivity index (χ2v) is 3.45. The van der Waals surface area contributed by atoms with Gasteiger partial charge in [-0.1, -0.05) is 19.0 Å². The quantitative estimate of drug-likeness (QED) is 0.207. The Morgan fingerprint density at radius 2 is 2.00 bits per heavy atom. The number of hydrogen-bond donors (Lipinski definition) is 4. The van der Waals surface area contributed by atoms with Crippen molar-refractivity contribution in [1.82, 2.24) is 5.32 Å². The first kappa shape index (κ1) is 12.2. The third-order valence-electron chi connectivity index (χ3n) is 2.02. The number of hydrogen-bond acceptors (Lipinski definition) is 4. The number of amidine groups is 1. The third-order valence-corrected chi connectivity index (χ3v) is 2.02. The number of nitrogens with one attached hydrogen (secondary N) is 1. The monoisotopic (exact) mass is 189 g/mol. The zero-order valence-electron chi connectivity index (χ0n) is 8.36. The lowest BCUT2D eigenvalue weighted by Crippen LogP contribution is -2.48. The second kappa shape index (κ2) is 5.77. The van der Waals surface area contributed by atoms with E-state index in [1.165, 1.54) is 0 Å². The average Bonchev–Trinajstić information content (AvgIpc) is 2.11. The highest BCUT2D eigenvalue weighted by atomic mass is 16.4. The molecule has 0 radical (unpaired) electrons. The van der Waals surface area contributed by atoms with Crippen molar-refractivity contribution in [2.75, 3.05) is 6.61 Å². The lowest BCUT2D eigenvalue weighted by Gasteiger charge is -2.23. The van der Waals surface area contributed by atoms with Crippen molar-refractivity contribution in [3.63, 3.8) is 0 Å². The molecule has 2 atom stereocenters. The number of aliphatic hydroxyl groups is 1. The topological polar surface area (TPSA) is 90.9 Å². The van der Waals surface area contributed by atoms with Gasteiger partial charge in [0, 0.05) is 6.04 Å². The zero-order chi connectivity index (χ0) is 10.4. The van der Waals surface area contributed by atoms with Crippen LogP contribution in [-0.4, -0.2) is 34.8 Å². The highest BCUT2D eigenvalue weighted by molar-refractivity contribution is 5.84. The number of rotatable bonds is 5. The van der Waals surface area contributed by atoms with Crippen molar-refractivity contribution < 1.29 is 10.3 Å². The van der Waals surface area contributed by atoms with Crippen LogP contribution in [0.2, 0.25) is 0 Å². The standard InChI is InChI=1S/C8H19N3O2/c1-5(2)7(4-12)10-6(3)8(9)11-13/h5-7,10,12-13H,4H2,1-3H3,(H2,9,11)/t6?,7-/m1/s1. The molecule has 13 heavy (non-hydrogen) atoms. The van der Waals surface area contributed by atoms with Crippen LogP contribution in [0, 0.1) is 5.92 Å². The SMILES string of the molecule is CC(N[C@H](CO)C(C)C)C(N)=NO. The molecule has 0 bridgehead atoms. The van der Waals surface area contributed by atoms with Crippen molar-refractivity contribution in [2.45, 2.75) is 32.9 Å². The fraction of sp³-hybridized carbons (Fsp3) is 0.875. The van der Waals surface area contributed by atoms with Gasteiger partial charge in [-0.25, -0.2) is 0 Å². The molecule has 0 saturated carbocycles. The van der Waals surface area contributed by atoms with Gasteiger partial charge in [0.1, 0.15) is 0 Å². The molecule has 0 aromatic rings. The fourth-order valence-corrected chi connectivity index (χ4v) is 0.949. The molecule has 1 unspecified atom stereocenters. The maximum absolute atomic E-state index is 8.99. The summed E-state index contributed by atoms with van der Waals surface area (Å²) in [7, 11) is 0. The van der Waals surface area contributed by atoms with Crippen LogP contribution in [0.15, 0.2) is 5.16 Å². The van der Waals surface area contributed by atoms with Crippen LogP contribution in [-0.2, 0) is 0 Å². The summed E-state index contributed by atoms with van der Waals surface area (Å²) in [6.45, 7) is 5.81. The molecule has 0 heterocycles. The van der Waals surface area contributed by atoms with E-state index in [0.29, 0.717) is 5.92 Å². The summed E-state index contributed by atoms with van der Waals surface area (Å²) in [5.74, 6) is 0.429. The minimum absolute atomic E-state index is 0.0321. The van der Waals surface area contributed by atoms with Crippen molar-refractivity contribution in [2.24, 2.45) is 16.8 Å². The Bertz CT molecular complexity index is 171. The van der Waals surface area contributed by atoms with Gasteiger partial charge in [0.05, 0.1) is 12.6 Å². The molecule has 78 valence electrons. The van der Waals surface area contributed by atoms with Crippen LogP contribution in [0.25, 0.3) is 0 Å². The Morgan fingerprint density at radius 1 is 1.46 bits per heavy atom. The highest BCUT2D eigenvalue weighted by Gasteiger charge is 2.16. The van der Waals surface area contributed by atoms with Gasteiger partial charge >= 0.3 is 0 Å². The largest absolute Gasteiger partial charge is 0.409 e. The van der Waals surface area contributed by atoms with E-state index in [1.54, 1.807) is 6.92 Å². The first-order valence-electron chi connectivity index (χ1n) is 4.37. The summed E-state index contributed by atoms with van der Waals surface area (Å²) < 4.78 is 0. The molecule has 0 aromatic heterocycles. The zero-order valence-corrected chi connectivity index (χ0v) is 8.36. The smallest absolute Gasteiger partial charge is 0.156 e. The molecule has 0 saturated heterocycles. The molecular weight excluding hydrogens is 170 g/mol. The molecule has 5 nitrogen and oxygen atoms in total. The molecule has 5 heteroatoms. The maximum Gasteiger partial charge on any atom is 0.156 e. The fourth-order valence-electron chi connectivity index (χ4n) is 0.949. The van der Waals surface area contributed by atoms with Crippen LogP contribution in [0.5, 0.6) is 0 Å². The van der Waals surface area contributed by atoms with Gasteiger partial charge in [0.25, 0.3) is 0 Å². The summed E-state index contributed by atoms with van der Waals surface area (Å²) in [6.07, 6.45) is 0. The van der Waals surface area contributed by atoms with E-state index in [4.69, 9.17) is 16.0 Å². The predicted octanol–water partition coefficient (Wildman–Crippen LogP) is -0.272. The molecule has 0 aliphatic carbocycles. The summed E-state index contributed by atoms with van der Waals surface area (Å²) in [6, 6.07) is -0.264. The van der Waals surface area contributed by atoms with E-state index < -0.39 is 0 Å². The summed E-state index contributed by atoms with van der Waals surface area (Å²) in [5, 5.41) is 23.3. The van der Waals surface area contributed by atoms with E-state index in [1.807, 2.05) is 13.8 Å². The van der Waals surface area contributed by atoms with E-state index in [9.17, 15) is 0 Å². The van der Waals surface area contributed by atoms with Crippen molar-refractivity contribution in [3.8, 4) is 0 Å². The predicted molar refractivity (Wildman–Crippen MR) is 51.7 cm³/mol. The van der Waals surface area contributed by atoms with Crippen LogP contribution in [0.4, 0.5) is 0 Å². The van der Waals surface area contributed by atoms with Gasteiger partial charge in [-0.3, -0.25) is 0 Å². The second-order valence-electron chi connectivity index (χ2n) is 3.45. The lowest BCUT2D eigenvalue weighted by molar-refractivity contribution is 0.207. The van der Waals surface area contributed by atoms with E-state index >= 15 is 0 Å². The van der Waals surface area contributed by atoms with E-state index in [0.717, 1.165) is 0 Å². The first-order chi connectivity index (χ1) is 6.02. The molecular formula is C8H19N3O2. The number of nitrogens with two attached hydrogens (primary N) is 1. The molecule has 0 aliphatic rings. The Morgan fingerprint density at radius 3 is 2.31 bits per heavy atom. The van der Waals surface area contributed by atoms with Crippen LogP contribution < -0.4 is 11.1 Å². The van der Waals surface area contributed by atoms with Crippen LogP contribution in [0.3, 0.4) is 0 Å². The van der Waals surface area contributed by atoms with Crippen LogP contribution in [0.1, 0.15) is 20.8 Å². The molecule has 0 amide bonds. The Kier molecular flexibility index (Phi) is 5.41. The summed E-state index contributed by atoms with van der Waals surface area (Å²) >= 11 is 0. The number of oxime groups is 1. The third kappa shape index (κ3) is 4.10. The summed E-state index contributed by atoms with van der Waals surface area (Å²) in [4.78, 5) is 0. The first-order valence-corrected chi connectivity index (χ1v) is 4.37. The van der Waals surface area contributed by atoms with Gasteiger partial charge in [-0.15, -0.1) is 0 Å². The van der Waals surface area contributed by atoms with Gasteiger partial charge in [0.15, 0.2) is 5.84 Å². The molecule has 0 aromatic carbocycles. The molecule has 0 aliphatic heterocycles.